The van der Waals surface area contributed by atoms with Crippen LogP contribution in [0.3, 0.4) is 0 Å². The number of hydrogen-bond donors (Lipinski definition) is 3. The Morgan fingerprint density at radius 1 is 1.35 bits per heavy atom. The summed E-state index contributed by atoms with van der Waals surface area (Å²) in [6.07, 6.45) is 6.00. The maximum Gasteiger partial charge on any atom is 0.315 e. The smallest absolute Gasteiger partial charge is 0.315 e. The van der Waals surface area contributed by atoms with Crippen LogP contribution in [0, 0.1) is 0 Å². The van der Waals surface area contributed by atoms with Gasteiger partial charge in [-0.1, -0.05) is 36.4 Å². The number of benzene rings is 1. The van der Waals surface area contributed by atoms with Gasteiger partial charge < -0.3 is 16.0 Å². The molecule has 5 nitrogen and oxygen atoms in total. The van der Waals surface area contributed by atoms with Gasteiger partial charge in [0, 0.05) is 6.54 Å². The summed E-state index contributed by atoms with van der Waals surface area (Å²) in [5.74, 6) is -0.0972. The maximum absolute atomic E-state index is 12.3. The Labute approximate surface area is 137 Å². The molecule has 5 heteroatoms. The molecule has 1 aliphatic rings. The molecule has 2 atom stereocenters. The van der Waals surface area contributed by atoms with Gasteiger partial charge in [-0.2, -0.15) is 0 Å². The predicted octanol–water partition coefficient (Wildman–Crippen LogP) is 2.66. The average Bonchev–Trinajstić information content (AvgIpc) is 2.77. The fourth-order valence-electron chi connectivity index (χ4n) is 2.73. The molecule has 1 saturated heterocycles. The van der Waals surface area contributed by atoms with E-state index in [4.69, 9.17) is 0 Å². The van der Waals surface area contributed by atoms with Crippen LogP contribution in [0.25, 0.3) is 0 Å². The van der Waals surface area contributed by atoms with Crippen molar-refractivity contribution in [2.45, 2.75) is 44.2 Å². The zero-order valence-electron chi connectivity index (χ0n) is 13.4. The molecule has 1 aliphatic heterocycles. The average molecular weight is 315 g/mol. The monoisotopic (exact) mass is 315 g/mol. The lowest BCUT2D eigenvalue weighted by Gasteiger charge is -2.21. The highest BCUT2D eigenvalue weighted by atomic mass is 16.2. The highest BCUT2D eigenvalue weighted by Gasteiger charge is 2.23. The standard InChI is InChI=1S/C18H25N3O2/c1-2-3-11-15(14-9-5-4-6-10-14)20-18(23)21-16-12-7-8-13-19-17(16)22/h2,4-6,9-10,15-16H,1,3,7-8,11-13H2,(H,19,22)(H2,20,21,23). The topological polar surface area (TPSA) is 70.2 Å². The molecule has 3 amide bonds. The fourth-order valence-corrected chi connectivity index (χ4v) is 2.73. The van der Waals surface area contributed by atoms with Gasteiger partial charge in [-0.25, -0.2) is 4.79 Å². The molecule has 23 heavy (non-hydrogen) atoms. The third-order valence-electron chi connectivity index (χ3n) is 4.01. The van der Waals surface area contributed by atoms with Gasteiger partial charge >= 0.3 is 6.03 Å². The Bertz CT molecular complexity index is 530. The van der Waals surface area contributed by atoms with E-state index in [0.29, 0.717) is 13.0 Å². The van der Waals surface area contributed by atoms with Gasteiger partial charge in [-0.05, 0) is 37.7 Å². The zero-order chi connectivity index (χ0) is 16.5. The van der Waals surface area contributed by atoms with Gasteiger partial charge in [0.2, 0.25) is 5.91 Å². The van der Waals surface area contributed by atoms with Crippen LogP contribution in [-0.4, -0.2) is 24.5 Å². The number of rotatable bonds is 6. The first-order valence-electron chi connectivity index (χ1n) is 8.21. The Morgan fingerprint density at radius 2 is 2.13 bits per heavy atom. The van der Waals surface area contributed by atoms with E-state index in [1.165, 1.54) is 0 Å². The molecule has 0 spiro atoms. The SMILES string of the molecule is C=CCCC(NC(=O)NC1CCCCNC1=O)c1ccccc1. The normalized spacial score (nSPS) is 19.1. The Morgan fingerprint density at radius 3 is 2.87 bits per heavy atom. The van der Waals surface area contributed by atoms with Crippen LogP contribution in [0.1, 0.15) is 43.7 Å². The fraction of sp³-hybridized carbons (Fsp3) is 0.444. The number of urea groups is 1. The van der Waals surface area contributed by atoms with Crippen molar-refractivity contribution in [2.75, 3.05) is 6.54 Å². The van der Waals surface area contributed by atoms with Crippen LogP contribution in [0.4, 0.5) is 4.79 Å². The molecule has 0 aliphatic carbocycles. The second kappa shape index (κ2) is 8.98. The summed E-state index contributed by atoms with van der Waals surface area (Å²) < 4.78 is 0. The molecule has 124 valence electrons. The molecule has 1 aromatic rings. The summed E-state index contributed by atoms with van der Waals surface area (Å²) in [4.78, 5) is 24.2. The highest BCUT2D eigenvalue weighted by molar-refractivity contribution is 5.87. The number of hydrogen-bond acceptors (Lipinski definition) is 2. The van der Waals surface area contributed by atoms with Crippen molar-refractivity contribution in [1.29, 1.82) is 0 Å². The van der Waals surface area contributed by atoms with Gasteiger partial charge in [0.05, 0.1) is 6.04 Å². The van der Waals surface area contributed by atoms with Crippen LogP contribution in [-0.2, 0) is 4.79 Å². The van der Waals surface area contributed by atoms with Crippen LogP contribution in [0.15, 0.2) is 43.0 Å². The molecular formula is C18H25N3O2. The number of carbonyl (C=O) groups is 2. The summed E-state index contributed by atoms with van der Waals surface area (Å²) in [6, 6.07) is 8.99. The lowest BCUT2D eigenvalue weighted by Crippen LogP contribution is -2.49. The Kier molecular flexibility index (Phi) is 6.66. The third-order valence-corrected chi connectivity index (χ3v) is 4.01. The van der Waals surface area contributed by atoms with Crippen molar-refractivity contribution in [3.05, 3.63) is 48.6 Å². The molecule has 3 N–H and O–H groups in total. The summed E-state index contributed by atoms with van der Waals surface area (Å²) >= 11 is 0. The second-order valence-electron chi connectivity index (χ2n) is 5.79. The van der Waals surface area contributed by atoms with E-state index in [9.17, 15) is 9.59 Å². The van der Waals surface area contributed by atoms with E-state index in [1.807, 2.05) is 36.4 Å². The predicted molar refractivity (Wildman–Crippen MR) is 90.9 cm³/mol. The lowest BCUT2D eigenvalue weighted by molar-refractivity contribution is -0.122. The van der Waals surface area contributed by atoms with Crippen LogP contribution in [0.2, 0.25) is 0 Å². The Hall–Kier alpha value is -2.30. The van der Waals surface area contributed by atoms with Gasteiger partial charge in [-0.3, -0.25) is 4.79 Å². The van der Waals surface area contributed by atoms with Crippen molar-refractivity contribution in [3.63, 3.8) is 0 Å². The maximum atomic E-state index is 12.3. The first-order chi connectivity index (χ1) is 11.2. The third kappa shape index (κ3) is 5.43. The van der Waals surface area contributed by atoms with Crippen molar-refractivity contribution >= 4 is 11.9 Å². The van der Waals surface area contributed by atoms with Crippen LogP contribution < -0.4 is 16.0 Å². The van der Waals surface area contributed by atoms with E-state index in [2.05, 4.69) is 22.5 Å². The molecule has 0 aromatic heterocycles. The molecular weight excluding hydrogens is 290 g/mol. The van der Waals surface area contributed by atoms with E-state index >= 15 is 0 Å². The molecule has 1 aromatic carbocycles. The number of allylic oxidation sites excluding steroid dienone is 1. The number of amides is 3. The zero-order valence-corrected chi connectivity index (χ0v) is 13.4. The van der Waals surface area contributed by atoms with Gasteiger partial charge in [0.15, 0.2) is 0 Å². The molecule has 1 heterocycles. The number of carbonyl (C=O) groups excluding carboxylic acids is 2. The van der Waals surface area contributed by atoms with Crippen LogP contribution >= 0.6 is 0 Å². The first-order valence-corrected chi connectivity index (χ1v) is 8.21. The van der Waals surface area contributed by atoms with Crippen LogP contribution in [0.5, 0.6) is 0 Å². The van der Waals surface area contributed by atoms with Crippen molar-refractivity contribution < 1.29 is 9.59 Å². The summed E-state index contributed by atoms with van der Waals surface area (Å²) in [6.45, 7) is 4.42. The minimum atomic E-state index is -0.451. The molecule has 0 bridgehead atoms. The molecule has 1 fully saturated rings. The van der Waals surface area contributed by atoms with Crippen molar-refractivity contribution in [3.8, 4) is 0 Å². The van der Waals surface area contributed by atoms with Gasteiger partial charge in [-0.15, -0.1) is 6.58 Å². The minimum absolute atomic E-state index is 0.0944. The number of nitrogens with one attached hydrogen (secondary N) is 3. The van der Waals surface area contributed by atoms with E-state index < -0.39 is 6.04 Å². The Balaban J connectivity index is 1.96. The van der Waals surface area contributed by atoms with E-state index in [0.717, 1.165) is 31.2 Å². The summed E-state index contributed by atoms with van der Waals surface area (Å²) in [5.41, 5.74) is 1.05. The molecule has 2 unspecified atom stereocenters. The van der Waals surface area contributed by atoms with Crippen molar-refractivity contribution in [1.82, 2.24) is 16.0 Å². The molecule has 0 saturated carbocycles. The van der Waals surface area contributed by atoms with Crippen molar-refractivity contribution in [2.24, 2.45) is 0 Å². The summed E-state index contributed by atoms with van der Waals surface area (Å²) in [7, 11) is 0. The lowest BCUT2D eigenvalue weighted by atomic mass is 10.0. The van der Waals surface area contributed by atoms with E-state index in [1.54, 1.807) is 0 Å². The van der Waals surface area contributed by atoms with E-state index in [-0.39, 0.29) is 18.0 Å². The molecule has 2 rings (SSSR count). The first kappa shape index (κ1) is 17.1. The minimum Gasteiger partial charge on any atom is -0.354 e. The highest BCUT2D eigenvalue weighted by Crippen LogP contribution is 2.18. The van der Waals surface area contributed by atoms with Gasteiger partial charge in [0.25, 0.3) is 0 Å². The molecule has 0 radical (unpaired) electrons. The second-order valence-corrected chi connectivity index (χ2v) is 5.79. The van der Waals surface area contributed by atoms with Gasteiger partial charge in [0.1, 0.15) is 6.04 Å². The quantitative estimate of drug-likeness (QED) is 0.706. The summed E-state index contributed by atoms with van der Waals surface area (Å²) in [5, 5.41) is 8.60. The largest absolute Gasteiger partial charge is 0.354 e.